The fraction of sp³-hybridized carbons (Fsp3) is 0.722. The minimum Gasteiger partial charge on any atom is -0.354 e. The molecule has 28 heavy (non-hydrogen) atoms. The molecule has 0 aromatic carbocycles. The van der Waals surface area contributed by atoms with Crippen LogP contribution in [-0.2, 0) is 16.1 Å². The Balaban J connectivity index is 2.21. The van der Waals surface area contributed by atoms with E-state index in [1.807, 2.05) is 0 Å². The molecule has 4 atom stereocenters. The van der Waals surface area contributed by atoms with Gasteiger partial charge in [-0.05, 0) is 24.7 Å². The van der Waals surface area contributed by atoms with E-state index in [-0.39, 0.29) is 17.6 Å². The topological polar surface area (TPSA) is 84.4 Å². The summed E-state index contributed by atoms with van der Waals surface area (Å²) < 4.78 is 44.8. The van der Waals surface area contributed by atoms with Gasteiger partial charge < -0.3 is 9.64 Å². The molecule has 0 aliphatic carbocycles. The fourth-order valence-electron chi connectivity index (χ4n) is 3.37. The number of hydrogen-bond acceptors (Lipinski definition) is 4. The third-order valence-electron chi connectivity index (χ3n) is 5.51. The van der Waals surface area contributed by atoms with E-state index >= 15 is 0 Å². The molecule has 0 bridgehead atoms. The molecule has 2 heterocycles. The quantitative estimate of drug-likeness (QED) is 0.788. The van der Waals surface area contributed by atoms with Crippen molar-refractivity contribution in [3.63, 3.8) is 0 Å². The molecule has 10 heteroatoms. The van der Waals surface area contributed by atoms with Crippen LogP contribution in [0.1, 0.15) is 51.8 Å². The summed E-state index contributed by atoms with van der Waals surface area (Å²) in [6.07, 6.45) is -2.22. The molecule has 0 saturated carbocycles. The van der Waals surface area contributed by atoms with Crippen molar-refractivity contribution < 1.29 is 22.7 Å². The Hall–Kier alpha value is -2.10. The highest BCUT2D eigenvalue weighted by Crippen LogP contribution is 2.34. The van der Waals surface area contributed by atoms with Crippen LogP contribution in [0.15, 0.2) is 15.8 Å². The summed E-state index contributed by atoms with van der Waals surface area (Å²) in [6, 6.07) is 0. The summed E-state index contributed by atoms with van der Waals surface area (Å²) in [5, 5.41) is 0. The number of aromatic amines is 1. The van der Waals surface area contributed by atoms with Gasteiger partial charge in [-0.25, -0.2) is 4.79 Å². The Labute approximate surface area is 160 Å². The monoisotopic (exact) mass is 405 g/mol. The number of carbonyl (C=O) groups is 1. The third-order valence-corrected chi connectivity index (χ3v) is 5.51. The van der Waals surface area contributed by atoms with Crippen LogP contribution in [0.25, 0.3) is 0 Å². The predicted octanol–water partition coefficient (Wildman–Crippen LogP) is 2.42. The zero-order valence-corrected chi connectivity index (χ0v) is 16.4. The van der Waals surface area contributed by atoms with Gasteiger partial charge in [0.25, 0.3) is 5.56 Å². The standard InChI is InChI=1S/C18H26F3N3O4/c1-5-10(2)11(3)13-6-7-14(28-13)24-9-12(15(25)22-17(24)27)8-23(4)16(26)18(19,20)21/h9-11,13-14H,5-8H2,1-4H3,(H,22,25,27)/t10?,11?,13?,14-/m1/s1. The van der Waals surface area contributed by atoms with E-state index in [4.69, 9.17) is 4.74 Å². The molecule has 7 nitrogen and oxygen atoms in total. The zero-order valence-electron chi connectivity index (χ0n) is 16.4. The van der Waals surface area contributed by atoms with E-state index in [9.17, 15) is 27.6 Å². The second kappa shape index (κ2) is 8.50. The first-order valence-electron chi connectivity index (χ1n) is 9.27. The Morgan fingerprint density at radius 2 is 2.00 bits per heavy atom. The molecule has 1 N–H and O–H groups in total. The summed E-state index contributed by atoms with van der Waals surface area (Å²) in [7, 11) is 0.945. The van der Waals surface area contributed by atoms with Crippen molar-refractivity contribution in [1.82, 2.24) is 14.5 Å². The molecule has 1 aromatic rings. The van der Waals surface area contributed by atoms with Crippen molar-refractivity contribution in [1.29, 1.82) is 0 Å². The number of H-pyrrole nitrogens is 1. The average molecular weight is 405 g/mol. The van der Waals surface area contributed by atoms with Gasteiger partial charge in [0.05, 0.1) is 18.2 Å². The van der Waals surface area contributed by atoms with Crippen LogP contribution in [0.4, 0.5) is 13.2 Å². The molecule has 2 rings (SSSR count). The first-order chi connectivity index (χ1) is 13.0. The lowest BCUT2D eigenvalue weighted by molar-refractivity contribution is -0.184. The Kier molecular flexibility index (Phi) is 6.74. The van der Waals surface area contributed by atoms with Gasteiger partial charge >= 0.3 is 17.8 Å². The van der Waals surface area contributed by atoms with Gasteiger partial charge in [-0.15, -0.1) is 0 Å². The van der Waals surface area contributed by atoms with Crippen LogP contribution in [-0.4, -0.2) is 39.7 Å². The number of ether oxygens (including phenoxy) is 1. The third kappa shape index (κ3) is 4.84. The maximum atomic E-state index is 12.6. The fourth-order valence-corrected chi connectivity index (χ4v) is 3.37. The molecule has 0 spiro atoms. The SMILES string of the molecule is CCC(C)C(C)C1CC[C@H](n2cc(CN(C)C(=O)C(F)(F)F)c(=O)[nH]c2=O)O1. The molecule has 1 aliphatic heterocycles. The Bertz CT molecular complexity index is 818. The van der Waals surface area contributed by atoms with Crippen molar-refractivity contribution in [2.75, 3.05) is 7.05 Å². The van der Waals surface area contributed by atoms with Crippen LogP contribution in [0.2, 0.25) is 0 Å². The Morgan fingerprint density at radius 1 is 1.36 bits per heavy atom. The maximum absolute atomic E-state index is 12.6. The molecule has 1 fully saturated rings. The number of halogens is 3. The molecule has 1 amide bonds. The van der Waals surface area contributed by atoms with E-state index in [0.717, 1.165) is 19.9 Å². The minimum atomic E-state index is -5.04. The highest BCUT2D eigenvalue weighted by atomic mass is 19.4. The van der Waals surface area contributed by atoms with E-state index < -0.39 is 36.1 Å². The smallest absolute Gasteiger partial charge is 0.354 e. The van der Waals surface area contributed by atoms with Crippen LogP contribution < -0.4 is 11.2 Å². The molecular formula is C18H26F3N3O4. The van der Waals surface area contributed by atoms with Gasteiger partial charge in [0.1, 0.15) is 6.23 Å². The van der Waals surface area contributed by atoms with Crippen molar-refractivity contribution in [3.05, 3.63) is 32.6 Å². The number of nitrogens with one attached hydrogen (secondary N) is 1. The van der Waals surface area contributed by atoms with Crippen molar-refractivity contribution in [2.45, 2.75) is 65.1 Å². The number of nitrogens with zero attached hydrogens (tertiary/aromatic N) is 2. The van der Waals surface area contributed by atoms with Crippen LogP contribution >= 0.6 is 0 Å². The lowest BCUT2D eigenvalue weighted by atomic mass is 9.88. The number of hydrogen-bond donors (Lipinski definition) is 1. The van der Waals surface area contributed by atoms with E-state index in [1.165, 1.54) is 10.8 Å². The van der Waals surface area contributed by atoms with Crippen LogP contribution in [0.5, 0.6) is 0 Å². The van der Waals surface area contributed by atoms with Gasteiger partial charge in [-0.3, -0.25) is 19.1 Å². The lowest BCUT2D eigenvalue weighted by Gasteiger charge is -2.25. The number of rotatable bonds is 6. The van der Waals surface area contributed by atoms with E-state index in [2.05, 4.69) is 25.8 Å². The van der Waals surface area contributed by atoms with E-state index in [0.29, 0.717) is 17.2 Å². The van der Waals surface area contributed by atoms with Crippen LogP contribution in [0, 0.1) is 11.8 Å². The number of amides is 1. The Morgan fingerprint density at radius 3 is 2.57 bits per heavy atom. The van der Waals surface area contributed by atoms with Gasteiger partial charge in [0, 0.05) is 13.2 Å². The summed E-state index contributed by atoms with van der Waals surface area (Å²) in [4.78, 5) is 38.0. The van der Waals surface area contributed by atoms with Gasteiger partial charge in [-0.1, -0.05) is 27.2 Å². The lowest BCUT2D eigenvalue weighted by Crippen LogP contribution is -2.41. The largest absolute Gasteiger partial charge is 0.471 e. The maximum Gasteiger partial charge on any atom is 0.471 e. The summed E-state index contributed by atoms with van der Waals surface area (Å²) >= 11 is 0. The summed E-state index contributed by atoms with van der Waals surface area (Å²) in [6.45, 7) is 5.72. The second-order valence-corrected chi connectivity index (χ2v) is 7.43. The summed E-state index contributed by atoms with van der Waals surface area (Å²) in [5.41, 5.74) is -1.65. The molecular weight excluding hydrogens is 379 g/mol. The highest BCUT2D eigenvalue weighted by molar-refractivity contribution is 5.81. The molecule has 158 valence electrons. The molecule has 3 unspecified atom stereocenters. The second-order valence-electron chi connectivity index (χ2n) is 7.43. The molecule has 1 saturated heterocycles. The zero-order chi connectivity index (χ0) is 21.2. The van der Waals surface area contributed by atoms with Crippen LogP contribution in [0.3, 0.4) is 0 Å². The molecule has 0 radical (unpaired) electrons. The molecule has 1 aliphatic rings. The predicted molar refractivity (Wildman–Crippen MR) is 95.6 cm³/mol. The first-order valence-corrected chi connectivity index (χ1v) is 9.27. The molecule has 1 aromatic heterocycles. The number of carbonyl (C=O) groups excluding carboxylic acids is 1. The van der Waals surface area contributed by atoms with Crippen molar-refractivity contribution >= 4 is 5.91 Å². The van der Waals surface area contributed by atoms with Gasteiger partial charge in [0.15, 0.2) is 0 Å². The first kappa shape index (κ1) is 22.2. The van der Waals surface area contributed by atoms with Gasteiger partial charge in [-0.2, -0.15) is 13.2 Å². The van der Waals surface area contributed by atoms with E-state index in [1.54, 1.807) is 0 Å². The number of aromatic nitrogens is 2. The van der Waals surface area contributed by atoms with Gasteiger partial charge in [0.2, 0.25) is 0 Å². The highest BCUT2D eigenvalue weighted by Gasteiger charge is 2.41. The average Bonchev–Trinajstić information content (AvgIpc) is 3.10. The van der Waals surface area contributed by atoms with Crippen molar-refractivity contribution in [2.24, 2.45) is 11.8 Å². The normalized spacial score (nSPS) is 22.1. The number of alkyl halides is 3. The summed E-state index contributed by atoms with van der Waals surface area (Å²) in [5.74, 6) is -1.35. The minimum absolute atomic E-state index is 0.0447. The van der Waals surface area contributed by atoms with Crippen molar-refractivity contribution in [3.8, 4) is 0 Å².